The molecule has 0 fully saturated rings. The molecule has 0 atom stereocenters. The molecule has 1 aliphatic heterocycles. The van der Waals surface area contributed by atoms with Gasteiger partial charge in [-0.25, -0.2) is 0 Å². The first-order valence-electron chi connectivity index (χ1n) is 9.83. The van der Waals surface area contributed by atoms with E-state index in [-0.39, 0.29) is 18.1 Å². The molecule has 1 aromatic heterocycles. The van der Waals surface area contributed by atoms with Crippen LogP contribution in [-0.4, -0.2) is 57.9 Å². The van der Waals surface area contributed by atoms with Crippen molar-refractivity contribution in [2.45, 2.75) is 0 Å². The van der Waals surface area contributed by atoms with E-state index in [0.29, 0.717) is 58.6 Å². The molecular formula is C22H23N3O7. The Labute approximate surface area is 183 Å². The molecule has 3 N–H and O–H groups in total. The van der Waals surface area contributed by atoms with Gasteiger partial charge >= 0.3 is 0 Å². The number of ether oxygens (including phenoxy) is 5. The zero-order valence-electron chi connectivity index (χ0n) is 17.9. The van der Waals surface area contributed by atoms with E-state index in [9.17, 15) is 9.59 Å². The van der Waals surface area contributed by atoms with Crippen LogP contribution in [0.2, 0.25) is 0 Å². The zero-order valence-corrected chi connectivity index (χ0v) is 17.9. The molecule has 10 nitrogen and oxygen atoms in total. The average molecular weight is 441 g/mol. The fourth-order valence-electron chi connectivity index (χ4n) is 3.45. The molecule has 0 aliphatic carbocycles. The van der Waals surface area contributed by atoms with E-state index in [1.54, 1.807) is 30.3 Å². The molecule has 0 bridgehead atoms. The summed E-state index contributed by atoms with van der Waals surface area (Å²) in [6.45, 7) is 0.726. The van der Waals surface area contributed by atoms with Crippen molar-refractivity contribution in [2.24, 2.45) is 0 Å². The number of rotatable bonds is 7. The van der Waals surface area contributed by atoms with Gasteiger partial charge in [0.25, 0.3) is 5.91 Å². The largest absolute Gasteiger partial charge is 0.493 e. The van der Waals surface area contributed by atoms with Crippen LogP contribution in [0.3, 0.4) is 0 Å². The molecular weight excluding hydrogens is 418 g/mol. The van der Waals surface area contributed by atoms with Gasteiger partial charge in [-0.2, -0.15) is 0 Å². The van der Waals surface area contributed by atoms with Gasteiger partial charge in [0, 0.05) is 17.1 Å². The Kier molecular flexibility index (Phi) is 5.93. The highest BCUT2D eigenvalue weighted by molar-refractivity contribution is 6.03. The summed E-state index contributed by atoms with van der Waals surface area (Å²) in [6.07, 6.45) is 0. The van der Waals surface area contributed by atoms with Gasteiger partial charge in [-0.1, -0.05) is 0 Å². The molecule has 32 heavy (non-hydrogen) atoms. The van der Waals surface area contributed by atoms with Gasteiger partial charge in [0.15, 0.2) is 23.0 Å². The fraction of sp³-hybridized carbons (Fsp3) is 0.273. The van der Waals surface area contributed by atoms with E-state index in [4.69, 9.17) is 23.7 Å². The normalized spacial score (nSPS) is 12.2. The van der Waals surface area contributed by atoms with Crippen LogP contribution in [0.5, 0.6) is 28.7 Å². The number of nitrogens with one attached hydrogen (secondary N) is 3. The van der Waals surface area contributed by atoms with Crippen LogP contribution in [0.1, 0.15) is 10.5 Å². The first kappa shape index (κ1) is 21.2. The second kappa shape index (κ2) is 8.96. The fourth-order valence-corrected chi connectivity index (χ4v) is 3.45. The number of aromatic amines is 1. The van der Waals surface area contributed by atoms with Crippen LogP contribution in [0.15, 0.2) is 30.3 Å². The van der Waals surface area contributed by atoms with E-state index >= 15 is 0 Å². The molecule has 2 amide bonds. The summed E-state index contributed by atoms with van der Waals surface area (Å²) in [6, 6.07) is 8.49. The lowest BCUT2D eigenvalue weighted by atomic mass is 10.2. The van der Waals surface area contributed by atoms with Gasteiger partial charge in [-0.05, 0) is 24.3 Å². The summed E-state index contributed by atoms with van der Waals surface area (Å²) in [7, 11) is 4.52. The Morgan fingerprint density at radius 3 is 2.44 bits per heavy atom. The van der Waals surface area contributed by atoms with Crippen LogP contribution in [-0.2, 0) is 4.79 Å². The van der Waals surface area contributed by atoms with Crippen molar-refractivity contribution >= 4 is 28.4 Å². The third-order valence-electron chi connectivity index (χ3n) is 4.90. The van der Waals surface area contributed by atoms with Gasteiger partial charge in [0.1, 0.15) is 18.9 Å². The number of benzene rings is 2. The molecule has 1 aliphatic rings. The summed E-state index contributed by atoms with van der Waals surface area (Å²) >= 11 is 0. The number of fused-ring (bicyclic) bond motifs is 2. The van der Waals surface area contributed by atoms with Crippen molar-refractivity contribution < 1.29 is 33.3 Å². The van der Waals surface area contributed by atoms with Gasteiger partial charge in [0.2, 0.25) is 11.7 Å². The average Bonchev–Trinajstić information content (AvgIpc) is 3.25. The molecule has 0 saturated heterocycles. The number of carbonyl (C=O) groups is 2. The number of aromatic nitrogens is 1. The number of anilines is 1. The SMILES string of the molecule is COc1cc2cc(C(=O)NCC(=O)Nc3ccc4c(c3)OCCO4)[nH]c2c(OC)c1OC. The minimum Gasteiger partial charge on any atom is -0.493 e. The molecule has 0 saturated carbocycles. The first-order valence-corrected chi connectivity index (χ1v) is 9.83. The lowest BCUT2D eigenvalue weighted by Gasteiger charge is -2.19. The maximum atomic E-state index is 12.6. The summed E-state index contributed by atoms with van der Waals surface area (Å²) in [5, 5.41) is 6.02. The summed E-state index contributed by atoms with van der Waals surface area (Å²) in [4.78, 5) is 27.9. The van der Waals surface area contributed by atoms with Gasteiger partial charge in [0.05, 0.1) is 33.4 Å². The van der Waals surface area contributed by atoms with Gasteiger partial charge in [-0.3, -0.25) is 9.59 Å². The van der Waals surface area contributed by atoms with Gasteiger partial charge < -0.3 is 39.3 Å². The lowest BCUT2D eigenvalue weighted by molar-refractivity contribution is -0.115. The van der Waals surface area contributed by atoms with Crippen molar-refractivity contribution in [1.82, 2.24) is 10.3 Å². The molecule has 0 spiro atoms. The van der Waals surface area contributed by atoms with Crippen LogP contribution < -0.4 is 34.3 Å². The summed E-state index contributed by atoms with van der Waals surface area (Å²) in [5.41, 5.74) is 1.39. The maximum Gasteiger partial charge on any atom is 0.268 e. The smallest absolute Gasteiger partial charge is 0.268 e. The molecule has 0 radical (unpaired) electrons. The highest BCUT2D eigenvalue weighted by Crippen LogP contribution is 2.43. The molecule has 2 heterocycles. The monoisotopic (exact) mass is 441 g/mol. The second-order valence-corrected chi connectivity index (χ2v) is 6.88. The minimum atomic E-state index is -0.446. The number of hydrogen-bond donors (Lipinski definition) is 3. The Balaban J connectivity index is 1.44. The van der Waals surface area contributed by atoms with Crippen molar-refractivity contribution in [3.63, 3.8) is 0 Å². The minimum absolute atomic E-state index is 0.216. The van der Waals surface area contributed by atoms with Crippen LogP contribution in [0, 0.1) is 0 Å². The Morgan fingerprint density at radius 2 is 1.72 bits per heavy atom. The molecule has 0 unspecified atom stereocenters. The first-order chi connectivity index (χ1) is 15.5. The van der Waals surface area contributed by atoms with E-state index < -0.39 is 5.91 Å². The molecule has 2 aromatic carbocycles. The van der Waals surface area contributed by atoms with E-state index in [2.05, 4.69) is 15.6 Å². The third kappa shape index (κ3) is 4.07. The van der Waals surface area contributed by atoms with Crippen molar-refractivity contribution in [1.29, 1.82) is 0 Å². The Bertz CT molecular complexity index is 1170. The maximum absolute atomic E-state index is 12.6. The number of carbonyl (C=O) groups excluding carboxylic acids is 2. The zero-order chi connectivity index (χ0) is 22.7. The van der Waals surface area contributed by atoms with Crippen molar-refractivity contribution in [3.8, 4) is 28.7 Å². The molecule has 168 valence electrons. The van der Waals surface area contributed by atoms with Crippen LogP contribution in [0.25, 0.3) is 10.9 Å². The number of methoxy groups -OCH3 is 3. The standard InChI is InChI=1S/C22H23N3O7/c1-28-17-9-12-8-14(25-19(12)21(30-3)20(17)29-2)22(27)23-11-18(26)24-13-4-5-15-16(10-13)32-7-6-31-15/h4-5,8-10,25H,6-7,11H2,1-3H3,(H,23,27)(H,24,26). The van der Waals surface area contributed by atoms with E-state index in [1.807, 2.05) is 0 Å². The molecule has 3 aromatic rings. The van der Waals surface area contributed by atoms with Crippen molar-refractivity contribution in [3.05, 3.63) is 36.0 Å². The van der Waals surface area contributed by atoms with Gasteiger partial charge in [-0.15, -0.1) is 0 Å². The molecule has 4 rings (SSSR count). The highest BCUT2D eigenvalue weighted by Gasteiger charge is 2.20. The Hall–Kier alpha value is -4.08. The highest BCUT2D eigenvalue weighted by atomic mass is 16.6. The lowest BCUT2D eigenvalue weighted by Crippen LogP contribution is -2.33. The number of hydrogen-bond acceptors (Lipinski definition) is 7. The molecule has 10 heteroatoms. The topological polar surface area (TPSA) is 120 Å². The predicted molar refractivity (Wildman–Crippen MR) is 116 cm³/mol. The van der Waals surface area contributed by atoms with E-state index in [0.717, 1.165) is 0 Å². The third-order valence-corrected chi connectivity index (χ3v) is 4.90. The number of amides is 2. The van der Waals surface area contributed by atoms with Crippen molar-refractivity contribution in [2.75, 3.05) is 46.4 Å². The summed E-state index contributed by atoms with van der Waals surface area (Å²) < 4.78 is 27.1. The summed E-state index contributed by atoms with van der Waals surface area (Å²) in [5.74, 6) is 1.67. The van der Waals surface area contributed by atoms with Crippen LogP contribution >= 0.6 is 0 Å². The Morgan fingerprint density at radius 1 is 0.969 bits per heavy atom. The quantitative estimate of drug-likeness (QED) is 0.515. The van der Waals surface area contributed by atoms with E-state index in [1.165, 1.54) is 21.3 Å². The number of H-pyrrole nitrogens is 1. The second-order valence-electron chi connectivity index (χ2n) is 6.88. The predicted octanol–water partition coefficient (Wildman–Crippen LogP) is 2.33. The van der Waals surface area contributed by atoms with Crippen LogP contribution in [0.4, 0.5) is 5.69 Å².